The third-order valence-corrected chi connectivity index (χ3v) is 21.7. The van der Waals surface area contributed by atoms with Gasteiger partial charge in [0.25, 0.3) is 0 Å². The van der Waals surface area contributed by atoms with E-state index in [0.717, 1.165) is 37.9 Å². The number of nitrogens with one attached hydrogen (secondary N) is 1. The van der Waals surface area contributed by atoms with Crippen molar-refractivity contribution in [2.24, 2.45) is 47.3 Å². The van der Waals surface area contributed by atoms with E-state index in [1.807, 2.05) is 0 Å². The molecule has 4 fully saturated rings. The van der Waals surface area contributed by atoms with Crippen LogP contribution >= 0.6 is 0 Å². The predicted molar refractivity (Wildman–Crippen MR) is 224 cm³/mol. The molecule has 0 radical (unpaired) electrons. The number of fused-ring (bicyclic) bond motifs is 10. The van der Waals surface area contributed by atoms with Crippen LogP contribution in [-0.4, -0.2) is 49.3 Å². The van der Waals surface area contributed by atoms with Gasteiger partial charge in [0, 0.05) is 54.7 Å². The SMILES string of the molecule is CC1=CC2C3C(C4C=CC=CC4C3[Si](C)(CCCCCCOC(C)(C)C)C3C4C=CC=CC4C4NC5C=CC=CC5C43)N(Cc3c(F)c(F)c(F)c(F)c3F)C2C=C1. The lowest BCUT2D eigenvalue weighted by molar-refractivity contribution is -0.00471. The fourth-order valence-corrected chi connectivity index (χ4v) is 20.9. The van der Waals surface area contributed by atoms with Gasteiger partial charge in [-0.1, -0.05) is 129 Å². The van der Waals surface area contributed by atoms with Gasteiger partial charge in [-0.15, -0.1) is 0 Å². The number of hydrogen-bond acceptors (Lipinski definition) is 3. The van der Waals surface area contributed by atoms with Gasteiger partial charge in [0.2, 0.25) is 5.82 Å². The average Bonchev–Trinajstić information content (AvgIpc) is 3.93. The predicted octanol–water partition coefficient (Wildman–Crippen LogP) is 11.3. The van der Waals surface area contributed by atoms with Crippen LogP contribution in [0.5, 0.6) is 0 Å². The van der Waals surface area contributed by atoms with Crippen molar-refractivity contribution >= 4 is 8.07 Å². The van der Waals surface area contributed by atoms with E-state index in [-0.39, 0.29) is 47.9 Å². The van der Waals surface area contributed by atoms with Crippen molar-refractivity contribution in [3.8, 4) is 0 Å². The monoisotopic (exact) mass is 814 g/mol. The first-order valence-electron chi connectivity index (χ1n) is 21.9. The topological polar surface area (TPSA) is 24.5 Å². The van der Waals surface area contributed by atoms with E-state index in [4.69, 9.17) is 4.74 Å². The van der Waals surface area contributed by atoms with Crippen LogP contribution in [0.4, 0.5) is 22.0 Å². The number of benzene rings is 1. The van der Waals surface area contributed by atoms with Gasteiger partial charge < -0.3 is 10.1 Å². The summed E-state index contributed by atoms with van der Waals surface area (Å²) in [7, 11) is -2.41. The fraction of sp³-hybridized carbons (Fsp3) is 0.551. The molecule has 2 saturated carbocycles. The summed E-state index contributed by atoms with van der Waals surface area (Å²) >= 11 is 0. The van der Waals surface area contributed by atoms with Gasteiger partial charge in [-0.25, -0.2) is 22.0 Å². The van der Waals surface area contributed by atoms with E-state index in [2.05, 4.69) is 136 Å². The lowest BCUT2D eigenvalue weighted by Crippen LogP contribution is -2.51. The molecule has 2 saturated heterocycles. The van der Waals surface area contributed by atoms with Crippen LogP contribution in [0.2, 0.25) is 23.7 Å². The van der Waals surface area contributed by atoms with E-state index >= 15 is 8.78 Å². The second-order valence-electron chi connectivity index (χ2n) is 19.8. The maximum absolute atomic E-state index is 15.6. The normalized spacial score (nSPS) is 38.7. The molecule has 1 aromatic rings. The third kappa shape index (κ3) is 6.60. The Balaban J connectivity index is 1.14. The molecular weight excluding hydrogens is 756 g/mol. The summed E-state index contributed by atoms with van der Waals surface area (Å²) < 4.78 is 81.1. The molecule has 15 unspecified atom stereocenters. The van der Waals surface area contributed by atoms with Crippen molar-refractivity contribution < 1.29 is 26.7 Å². The first-order chi connectivity index (χ1) is 27.8. The Bertz CT molecular complexity index is 1990. The summed E-state index contributed by atoms with van der Waals surface area (Å²) in [4.78, 5) is 2.13. The molecule has 2 heterocycles. The largest absolute Gasteiger partial charge is 0.376 e. The molecule has 0 bridgehead atoms. The Kier molecular flexibility index (Phi) is 10.7. The second kappa shape index (κ2) is 15.4. The Hall–Kier alpha value is -3.11. The highest BCUT2D eigenvalue weighted by molar-refractivity contribution is 6.82. The summed E-state index contributed by atoms with van der Waals surface area (Å²) in [6.45, 7) is 11.6. The highest BCUT2D eigenvalue weighted by Crippen LogP contribution is 2.70. The number of nitrogens with zero attached hydrogens (tertiary/aromatic N) is 1. The lowest BCUT2D eigenvalue weighted by atomic mass is 9.82. The molecule has 1 N–H and O–H groups in total. The number of unbranched alkanes of at least 4 members (excludes halogenated alkanes) is 3. The molecule has 0 aromatic heterocycles. The van der Waals surface area contributed by atoms with Gasteiger partial charge >= 0.3 is 0 Å². The number of hydrogen-bond donors (Lipinski definition) is 1. The van der Waals surface area contributed by atoms with Crippen LogP contribution in [0, 0.1) is 76.4 Å². The smallest absolute Gasteiger partial charge is 0.200 e. The molecule has 0 spiro atoms. The molecule has 310 valence electrons. The number of halogens is 5. The lowest BCUT2D eigenvalue weighted by Gasteiger charge is -2.50. The van der Waals surface area contributed by atoms with Gasteiger partial charge in [0.05, 0.1) is 13.7 Å². The molecule has 1 aromatic carbocycles. The summed E-state index contributed by atoms with van der Waals surface area (Å²) in [6.07, 6.45) is 38.7. The molecule has 0 amide bonds. The van der Waals surface area contributed by atoms with Crippen LogP contribution in [0.1, 0.15) is 58.9 Å². The van der Waals surface area contributed by atoms with Crippen molar-refractivity contribution in [1.82, 2.24) is 10.2 Å². The fourth-order valence-electron chi connectivity index (χ4n) is 13.7. The van der Waals surface area contributed by atoms with Crippen LogP contribution in [0.3, 0.4) is 0 Å². The zero-order valence-electron chi connectivity index (χ0n) is 34.4. The molecule has 6 aliphatic carbocycles. The summed E-state index contributed by atoms with van der Waals surface area (Å²) in [6, 6.07) is 1.52. The standard InChI is InChI=1S/C49H59F5N2OSi/c1-28-22-23-37-34(26-28)39-46(56(37)27-35-40(50)42(52)44(54)43(53)41(35)51)30-17-9-11-19-32(30)48(39)58(5,25-15-7-6-14-24-57-49(2,3)4)47-31-18-10-8-16-29(31)45-38(47)33-20-12-13-21-36(33)55-45/h8-13,16-23,26,29-34,36-39,45-48,55H,6-7,14-15,24-25,27H2,1-5H3. The molecule has 9 heteroatoms. The molecular formula is C49H59F5N2OSi. The van der Waals surface area contributed by atoms with Crippen molar-refractivity contribution in [2.45, 2.75) is 113 Å². The zero-order chi connectivity index (χ0) is 40.7. The van der Waals surface area contributed by atoms with Crippen molar-refractivity contribution in [2.75, 3.05) is 6.61 Å². The van der Waals surface area contributed by atoms with E-state index in [1.54, 1.807) is 0 Å². The van der Waals surface area contributed by atoms with E-state index in [0.29, 0.717) is 46.8 Å². The molecule has 8 aliphatic rings. The van der Waals surface area contributed by atoms with Crippen LogP contribution < -0.4 is 5.32 Å². The maximum Gasteiger partial charge on any atom is 0.200 e. The van der Waals surface area contributed by atoms with Gasteiger partial charge in [-0.05, 0) is 80.7 Å². The molecule has 2 aliphatic heterocycles. The van der Waals surface area contributed by atoms with Crippen molar-refractivity contribution in [1.29, 1.82) is 0 Å². The van der Waals surface area contributed by atoms with Gasteiger partial charge in [0.15, 0.2) is 23.3 Å². The van der Waals surface area contributed by atoms with E-state index in [9.17, 15) is 13.2 Å². The van der Waals surface area contributed by atoms with Gasteiger partial charge in [-0.2, -0.15) is 0 Å². The molecule has 3 nitrogen and oxygen atoms in total. The van der Waals surface area contributed by atoms with Crippen LogP contribution in [0.15, 0.2) is 96.7 Å². The summed E-state index contributed by atoms with van der Waals surface area (Å²) in [5.74, 6) is -7.14. The van der Waals surface area contributed by atoms with Crippen molar-refractivity contribution in [3.05, 3.63) is 131 Å². The Morgan fingerprint density at radius 3 is 1.91 bits per heavy atom. The molecule has 15 atom stereocenters. The maximum atomic E-state index is 15.6. The minimum absolute atomic E-state index is 0.0526. The quantitative estimate of drug-likeness (QED) is 0.0792. The first kappa shape index (κ1) is 40.3. The van der Waals surface area contributed by atoms with Gasteiger partial charge in [-0.3, -0.25) is 4.90 Å². The number of ether oxygens (including phenoxy) is 1. The van der Waals surface area contributed by atoms with Crippen molar-refractivity contribution in [3.63, 3.8) is 0 Å². The zero-order valence-corrected chi connectivity index (χ0v) is 35.4. The summed E-state index contributed by atoms with van der Waals surface area (Å²) in [5, 5.41) is 4.14. The Labute approximate surface area is 342 Å². The second-order valence-corrected chi connectivity index (χ2v) is 24.6. The Morgan fingerprint density at radius 2 is 1.22 bits per heavy atom. The van der Waals surface area contributed by atoms with Crippen LogP contribution in [0.25, 0.3) is 0 Å². The third-order valence-electron chi connectivity index (χ3n) is 15.7. The number of rotatable bonds is 11. The summed E-state index contributed by atoms with van der Waals surface area (Å²) in [5.41, 5.74) is 1.09. The minimum atomic E-state index is -2.41. The highest BCUT2D eigenvalue weighted by atomic mass is 28.3. The molecule has 9 rings (SSSR count). The first-order valence-corrected chi connectivity index (χ1v) is 24.7. The number of likely N-dealkylation sites (tertiary alicyclic amines) is 1. The highest BCUT2D eigenvalue weighted by Gasteiger charge is 2.69. The van der Waals surface area contributed by atoms with Crippen LogP contribution in [-0.2, 0) is 11.3 Å². The van der Waals surface area contributed by atoms with Gasteiger partial charge in [0.1, 0.15) is 0 Å². The minimum Gasteiger partial charge on any atom is -0.376 e. The average molecular weight is 815 g/mol. The Morgan fingerprint density at radius 1 is 0.655 bits per heavy atom. The van der Waals surface area contributed by atoms with E-state index in [1.165, 1.54) is 6.04 Å². The number of allylic oxidation sites excluding steroid dienone is 10. The molecule has 58 heavy (non-hydrogen) atoms. The van der Waals surface area contributed by atoms with E-state index < -0.39 is 42.7 Å².